The number of aromatic nitrogens is 3. The van der Waals surface area contributed by atoms with Crippen molar-refractivity contribution in [1.29, 1.82) is 0 Å². The van der Waals surface area contributed by atoms with Crippen LogP contribution in [0.15, 0.2) is 158 Å². The van der Waals surface area contributed by atoms with Gasteiger partial charge in [0.2, 0.25) is 0 Å². The second-order valence-electron chi connectivity index (χ2n) is 17.7. The van der Waals surface area contributed by atoms with E-state index in [0.717, 1.165) is 58.1 Å². The lowest BCUT2D eigenvalue weighted by molar-refractivity contribution is -0.220. The zero-order valence-electron chi connectivity index (χ0n) is 31.6. The molecule has 3 heteroatoms. The van der Waals surface area contributed by atoms with Gasteiger partial charge in [0.05, 0.1) is 0 Å². The average molecular weight is 724 g/mol. The fourth-order valence-electron chi connectivity index (χ4n) is 13.0. The van der Waals surface area contributed by atoms with Crippen molar-refractivity contribution >= 4 is 0 Å². The Balaban J connectivity index is 0.899. The first-order chi connectivity index (χ1) is 27.7. The highest BCUT2D eigenvalue weighted by Gasteiger charge is 2.70. The molecular weight excluding hydrogens is 679 g/mol. The minimum atomic E-state index is 0.431. The van der Waals surface area contributed by atoms with Gasteiger partial charge < -0.3 is 0 Å². The van der Waals surface area contributed by atoms with E-state index < -0.39 is 0 Å². The van der Waals surface area contributed by atoms with E-state index in [9.17, 15) is 0 Å². The summed E-state index contributed by atoms with van der Waals surface area (Å²) in [6, 6.07) is 56.8. The monoisotopic (exact) mass is 723 g/mol. The van der Waals surface area contributed by atoms with E-state index in [1.807, 2.05) is 0 Å². The van der Waals surface area contributed by atoms with E-state index in [4.69, 9.17) is 15.0 Å². The Bertz CT molecular complexity index is 2440. The van der Waals surface area contributed by atoms with Crippen LogP contribution in [0.5, 0.6) is 0 Å². The molecule has 8 bridgehead atoms. The summed E-state index contributed by atoms with van der Waals surface area (Å²) >= 11 is 0. The van der Waals surface area contributed by atoms with Gasteiger partial charge in [0, 0.05) is 22.1 Å². The van der Waals surface area contributed by atoms with Gasteiger partial charge in [-0.25, -0.2) is 15.0 Å². The Morgan fingerprint density at radius 3 is 1.30 bits per heavy atom. The molecule has 4 unspecified atom stereocenters. The SMILES string of the molecule is c1ccc(-c2ccc(-c3nc(-c4ccc(-c5ccccc5)cc4)nc(-c4cccc(-c5ccc(C67CC8CC9C%10CC(CC96)CC7C%10C8)cc5)c4)n3)cc2)cc1. The number of hydrogen-bond donors (Lipinski definition) is 0. The fourth-order valence-corrected chi connectivity index (χ4v) is 13.0. The van der Waals surface area contributed by atoms with E-state index in [1.54, 1.807) is 12.0 Å². The summed E-state index contributed by atoms with van der Waals surface area (Å²) in [5, 5.41) is 0. The molecule has 3 nitrogen and oxygen atoms in total. The molecule has 1 heterocycles. The molecule has 7 aliphatic rings. The fraction of sp³-hybridized carbons (Fsp3) is 0.264. The van der Waals surface area contributed by atoms with Gasteiger partial charge in [0.1, 0.15) is 0 Å². The molecular formula is C53H45N3. The van der Waals surface area contributed by atoms with E-state index >= 15 is 0 Å². The van der Waals surface area contributed by atoms with Gasteiger partial charge in [-0.1, -0.05) is 152 Å². The summed E-state index contributed by atoms with van der Waals surface area (Å²) in [5.41, 5.74) is 12.2. The molecule has 7 saturated carbocycles. The molecule has 14 rings (SSSR count). The molecule has 4 atom stereocenters. The molecule has 6 aromatic carbocycles. The van der Waals surface area contributed by atoms with Crippen molar-refractivity contribution in [2.45, 2.75) is 43.9 Å². The Kier molecular flexibility index (Phi) is 7.37. The first-order valence-corrected chi connectivity index (χ1v) is 21.0. The minimum Gasteiger partial charge on any atom is -0.208 e. The van der Waals surface area contributed by atoms with Gasteiger partial charge in [-0.05, 0) is 125 Å². The number of hydrogen-bond acceptors (Lipinski definition) is 3. The normalized spacial score (nSPS) is 27.8. The third kappa shape index (κ3) is 5.13. The second-order valence-corrected chi connectivity index (χ2v) is 17.7. The molecule has 0 aliphatic heterocycles. The van der Waals surface area contributed by atoms with Crippen molar-refractivity contribution in [3.05, 3.63) is 163 Å². The van der Waals surface area contributed by atoms with Crippen LogP contribution in [-0.2, 0) is 5.41 Å². The predicted octanol–water partition coefficient (Wildman–Crippen LogP) is 12.8. The van der Waals surface area contributed by atoms with Crippen LogP contribution in [0.2, 0.25) is 0 Å². The van der Waals surface area contributed by atoms with Crippen LogP contribution in [-0.4, -0.2) is 15.0 Å². The summed E-state index contributed by atoms with van der Waals surface area (Å²) in [7, 11) is 0. The maximum atomic E-state index is 5.14. The van der Waals surface area contributed by atoms with Gasteiger partial charge in [-0.2, -0.15) is 0 Å². The standard InChI is InChI=1S/C53H45N3/c1-3-8-35(9-4-1)37-14-18-40(19-15-37)50-54-51(41-20-16-38(17-21-41)36-10-5-2-6-11-36)56-52(55-50)43-13-7-12-42(31-43)39-22-24-44(25-23-39)53-32-34-27-46-45-26-33(29-48(46)53)30-49(53)47(45)28-34/h1-25,31,33-34,45-49H,26-30,32H2. The van der Waals surface area contributed by atoms with Crippen LogP contribution >= 0.6 is 0 Å². The first-order valence-electron chi connectivity index (χ1n) is 21.0. The summed E-state index contributed by atoms with van der Waals surface area (Å²) in [6.45, 7) is 0. The first kappa shape index (κ1) is 32.6. The Morgan fingerprint density at radius 2 is 0.750 bits per heavy atom. The lowest BCUT2D eigenvalue weighted by atomic mass is 9.30. The van der Waals surface area contributed by atoms with Crippen molar-refractivity contribution in [2.24, 2.45) is 41.4 Å². The minimum absolute atomic E-state index is 0.431. The molecule has 272 valence electrons. The highest BCUT2D eigenvalue weighted by molar-refractivity contribution is 5.75. The largest absolute Gasteiger partial charge is 0.208 e. The topological polar surface area (TPSA) is 38.7 Å². The Hall–Kier alpha value is -5.67. The summed E-state index contributed by atoms with van der Waals surface area (Å²) in [4.78, 5) is 15.4. The van der Waals surface area contributed by atoms with Crippen molar-refractivity contribution in [3.8, 4) is 67.5 Å². The molecule has 7 aromatic rings. The summed E-state index contributed by atoms with van der Waals surface area (Å²) < 4.78 is 0. The maximum Gasteiger partial charge on any atom is 0.164 e. The van der Waals surface area contributed by atoms with Gasteiger partial charge in [0.15, 0.2) is 17.5 Å². The highest BCUT2D eigenvalue weighted by Crippen LogP contribution is 2.76. The number of nitrogens with zero attached hydrogens (tertiary/aromatic N) is 3. The molecule has 0 saturated heterocycles. The van der Waals surface area contributed by atoms with Crippen LogP contribution in [0.25, 0.3) is 67.5 Å². The van der Waals surface area contributed by atoms with Crippen LogP contribution < -0.4 is 0 Å². The van der Waals surface area contributed by atoms with Crippen LogP contribution in [0.4, 0.5) is 0 Å². The van der Waals surface area contributed by atoms with E-state index in [0.29, 0.717) is 22.9 Å². The van der Waals surface area contributed by atoms with E-state index in [1.165, 1.54) is 65.5 Å². The van der Waals surface area contributed by atoms with Crippen LogP contribution in [0.1, 0.15) is 44.1 Å². The van der Waals surface area contributed by atoms with E-state index in [2.05, 4.69) is 158 Å². The Labute approximate surface area is 330 Å². The zero-order chi connectivity index (χ0) is 36.8. The molecule has 0 N–H and O–H groups in total. The molecule has 56 heavy (non-hydrogen) atoms. The molecule has 0 amide bonds. The van der Waals surface area contributed by atoms with Crippen molar-refractivity contribution in [1.82, 2.24) is 15.0 Å². The van der Waals surface area contributed by atoms with Gasteiger partial charge in [0.25, 0.3) is 0 Å². The predicted molar refractivity (Wildman–Crippen MR) is 226 cm³/mol. The molecule has 7 fully saturated rings. The van der Waals surface area contributed by atoms with Crippen LogP contribution in [0.3, 0.4) is 0 Å². The molecule has 0 radical (unpaired) electrons. The lowest BCUT2D eigenvalue weighted by Crippen LogP contribution is -2.69. The maximum absolute atomic E-state index is 5.14. The molecule has 1 aromatic heterocycles. The average Bonchev–Trinajstić information content (AvgIpc) is 3.28. The highest BCUT2D eigenvalue weighted by atomic mass is 15.0. The Morgan fingerprint density at radius 1 is 0.339 bits per heavy atom. The number of benzene rings is 6. The molecule has 0 spiro atoms. The summed E-state index contributed by atoms with van der Waals surface area (Å²) in [6.07, 6.45) is 9.02. The van der Waals surface area contributed by atoms with Gasteiger partial charge in [-0.3, -0.25) is 0 Å². The van der Waals surface area contributed by atoms with Gasteiger partial charge in [-0.15, -0.1) is 0 Å². The quantitative estimate of drug-likeness (QED) is 0.164. The third-order valence-corrected chi connectivity index (χ3v) is 15.1. The smallest absolute Gasteiger partial charge is 0.164 e. The molecule has 7 aliphatic carbocycles. The lowest BCUT2D eigenvalue weighted by Gasteiger charge is -2.74. The van der Waals surface area contributed by atoms with E-state index in [-0.39, 0.29) is 0 Å². The van der Waals surface area contributed by atoms with Crippen molar-refractivity contribution < 1.29 is 0 Å². The van der Waals surface area contributed by atoms with Crippen LogP contribution in [0, 0.1) is 41.4 Å². The summed E-state index contributed by atoms with van der Waals surface area (Å²) in [5.74, 6) is 8.86. The van der Waals surface area contributed by atoms with Gasteiger partial charge >= 0.3 is 0 Å². The van der Waals surface area contributed by atoms with Crippen molar-refractivity contribution in [3.63, 3.8) is 0 Å². The van der Waals surface area contributed by atoms with Crippen molar-refractivity contribution in [2.75, 3.05) is 0 Å². The number of rotatable bonds is 7. The third-order valence-electron chi connectivity index (χ3n) is 15.1. The second kappa shape index (κ2) is 12.7. The zero-order valence-corrected chi connectivity index (χ0v) is 31.6.